The lowest BCUT2D eigenvalue weighted by molar-refractivity contribution is -0.133. The molecule has 1 atom stereocenters. The molecule has 0 radical (unpaired) electrons. The van der Waals surface area contributed by atoms with Crippen LogP contribution in [0.25, 0.3) is 5.69 Å². The van der Waals surface area contributed by atoms with Crippen LogP contribution in [0.3, 0.4) is 0 Å². The van der Waals surface area contributed by atoms with Gasteiger partial charge >= 0.3 is 0 Å². The minimum atomic E-state index is -0.220. The van der Waals surface area contributed by atoms with E-state index in [1.54, 1.807) is 12.0 Å². The Hall–Kier alpha value is -3.33. The number of carbonyl (C=O) groups is 2. The molecule has 2 aromatic carbocycles. The van der Waals surface area contributed by atoms with Gasteiger partial charge in [0.2, 0.25) is 11.8 Å². The molecule has 1 aliphatic rings. The van der Waals surface area contributed by atoms with Crippen LogP contribution < -0.4 is 10.1 Å². The van der Waals surface area contributed by atoms with E-state index < -0.39 is 0 Å². The van der Waals surface area contributed by atoms with Crippen LogP contribution in [0.15, 0.2) is 59.8 Å². The highest BCUT2D eigenvalue weighted by Gasteiger charge is 2.31. The summed E-state index contributed by atoms with van der Waals surface area (Å²) in [5.74, 6) is 1.27. The first kappa shape index (κ1) is 21.9. The Morgan fingerprint density at radius 2 is 1.91 bits per heavy atom. The standard InChI is InChI=1S/C23H25N5O3S/c1-31-19-10-8-18(9-11-19)28-20(25-26-23(28)32-2)13-24-21(29)15-27-14-17(12-22(27)30)16-6-4-3-5-7-16/h3-11,17H,12-15H2,1-2H3,(H,24,29). The van der Waals surface area contributed by atoms with Crippen LogP contribution in [-0.2, 0) is 16.1 Å². The Balaban J connectivity index is 1.39. The Kier molecular flexibility index (Phi) is 6.75. The number of hydrogen-bond acceptors (Lipinski definition) is 6. The quantitative estimate of drug-likeness (QED) is 0.530. The average molecular weight is 452 g/mol. The number of ether oxygens (including phenoxy) is 1. The molecular weight excluding hydrogens is 426 g/mol. The molecule has 1 N–H and O–H groups in total. The summed E-state index contributed by atoms with van der Waals surface area (Å²) >= 11 is 1.47. The molecule has 1 saturated heterocycles. The number of likely N-dealkylation sites (tertiary alicyclic amines) is 1. The van der Waals surface area contributed by atoms with Crippen molar-refractivity contribution < 1.29 is 14.3 Å². The summed E-state index contributed by atoms with van der Waals surface area (Å²) in [6.45, 7) is 0.797. The van der Waals surface area contributed by atoms with Crippen LogP contribution in [-0.4, -0.2) is 57.9 Å². The Bertz CT molecular complexity index is 1080. The van der Waals surface area contributed by atoms with E-state index in [1.165, 1.54) is 11.8 Å². The smallest absolute Gasteiger partial charge is 0.240 e. The third kappa shape index (κ3) is 4.77. The lowest BCUT2D eigenvalue weighted by atomic mass is 9.99. The van der Waals surface area contributed by atoms with Gasteiger partial charge in [-0.05, 0) is 36.1 Å². The number of rotatable bonds is 8. The van der Waals surface area contributed by atoms with E-state index in [-0.39, 0.29) is 30.8 Å². The fourth-order valence-electron chi connectivity index (χ4n) is 3.82. The first-order chi connectivity index (χ1) is 15.6. The number of methoxy groups -OCH3 is 1. The zero-order valence-corrected chi connectivity index (χ0v) is 18.8. The molecule has 32 heavy (non-hydrogen) atoms. The molecule has 8 nitrogen and oxygen atoms in total. The van der Waals surface area contributed by atoms with Crippen molar-refractivity contribution in [1.82, 2.24) is 25.0 Å². The summed E-state index contributed by atoms with van der Waals surface area (Å²) in [4.78, 5) is 26.6. The molecule has 1 fully saturated rings. The van der Waals surface area contributed by atoms with Crippen molar-refractivity contribution in [3.63, 3.8) is 0 Å². The van der Waals surface area contributed by atoms with E-state index in [9.17, 15) is 9.59 Å². The molecule has 0 bridgehead atoms. The van der Waals surface area contributed by atoms with Crippen LogP contribution in [0.2, 0.25) is 0 Å². The first-order valence-corrected chi connectivity index (χ1v) is 11.5. The van der Waals surface area contributed by atoms with E-state index in [4.69, 9.17) is 4.74 Å². The van der Waals surface area contributed by atoms with Crippen molar-refractivity contribution in [2.45, 2.75) is 24.0 Å². The molecule has 9 heteroatoms. The zero-order valence-electron chi connectivity index (χ0n) is 18.0. The molecule has 2 heterocycles. The molecule has 166 valence electrons. The van der Waals surface area contributed by atoms with Gasteiger partial charge in [-0.3, -0.25) is 14.2 Å². The lowest BCUT2D eigenvalue weighted by Gasteiger charge is -2.16. The Morgan fingerprint density at radius 3 is 2.59 bits per heavy atom. The lowest BCUT2D eigenvalue weighted by Crippen LogP contribution is -2.38. The molecule has 3 aromatic rings. The molecule has 1 aliphatic heterocycles. The molecule has 0 aliphatic carbocycles. The maximum Gasteiger partial charge on any atom is 0.240 e. The van der Waals surface area contributed by atoms with Gasteiger partial charge in [0, 0.05) is 24.6 Å². The monoisotopic (exact) mass is 451 g/mol. The summed E-state index contributed by atoms with van der Waals surface area (Å²) in [6, 6.07) is 17.5. The molecular formula is C23H25N5O3S. The molecule has 1 unspecified atom stereocenters. The molecule has 0 spiro atoms. The van der Waals surface area contributed by atoms with E-state index >= 15 is 0 Å². The van der Waals surface area contributed by atoms with Crippen LogP contribution >= 0.6 is 11.8 Å². The summed E-state index contributed by atoms with van der Waals surface area (Å²) in [5.41, 5.74) is 2.01. The van der Waals surface area contributed by atoms with Crippen LogP contribution in [0.1, 0.15) is 23.7 Å². The minimum absolute atomic E-state index is 0.0000666. The Labute approximate surface area is 191 Å². The van der Waals surface area contributed by atoms with Crippen molar-refractivity contribution in [3.05, 3.63) is 66.0 Å². The van der Waals surface area contributed by atoms with Gasteiger partial charge in [-0.25, -0.2) is 0 Å². The SMILES string of the molecule is COc1ccc(-n2c(CNC(=O)CN3CC(c4ccccc4)CC3=O)nnc2SC)cc1. The van der Waals surface area contributed by atoms with Gasteiger partial charge in [0.15, 0.2) is 11.0 Å². The predicted molar refractivity (Wildman–Crippen MR) is 122 cm³/mol. The van der Waals surface area contributed by atoms with Crippen molar-refractivity contribution in [1.29, 1.82) is 0 Å². The van der Waals surface area contributed by atoms with Gasteiger partial charge in [-0.15, -0.1) is 10.2 Å². The van der Waals surface area contributed by atoms with E-state index in [1.807, 2.05) is 65.4 Å². The van der Waals surface area contributed by atoms with Gasteiger partial charge in [-0.2, -0.15) is 0 Å². The van der Waals surface area contributed by atoms with Gasteiger partial charge in [-0.1, -0.05) is 42.1 Å². The normalized spacial score (nSPS) is 15.8. The summed E-state index contributed by atoms with van der Waals surface area (Å²) in [5, 5.41) is 12.1. The fourth-order valence-corrected chi connectivity index (χ4v) is 4.33. The number of nitrogens with one attached hydrogen (secondary N) is 1. The molecule has 1 aromatic heterocycles. The van der Waals surface area contributed by atoms with Crippen LogP contribution in [0, 0.1) is 0 Å². The number of benzene rings is 2. The van der Waals surface area contributed by atoms with Crippen molar-refractivity contribution in [2.24, 2.45) is 0 Å². The fraction of sp³-hybridized carbons (Fsp3) is 0.304. The highest BCUT2D eigenvalue weighted by atomic mass is 32.2. The largest absolute Gasteiger partial charge is 0.497 e. The summed E-state index contributed by atoms with van der Waals surface area (Å²) < 4.78 is 7.12. The number of carbonyl (C=O) groups excluding carboxylic acids is 2. The van der Waals surface area contributed by atoms with E-state index in [0.717, 1.165) is 22.2 Å². The molecule has 2 amide bonds. The first-order valence-electron chi connectivity index (χ1n) is 10.3. The summed E-state index contributed by atoms with van der Waals surface area (Å²) in [7, 11) is 1.62. The number of amides is 2. The third-order valence-electron chi connectivity index (χ3n) is 5.48. The number of aromatic nitrogens is 3. The van der Waals surface area contributed by atoms with Crippen molar-refractivity contribution in [3.8, 4) is 11.4 Å². The van der Waals surface area contributed by atoms with Crippen LogP contribution in [0.5, 0.6) is 5.75 Å². The summed E-state index contributed by atoms with van der Waals surface area (Å²) in [6.07, 6.45) is 2.36. The third-order valence-corrected chi connectivity index (χ3v) is 6.11. The second kappa shape index (κ2) is 9.86. The molecule has 4 rings (SSSR count). The van der Waals surface area contributed by atoms with Gasteiger partial charge < -0.3 is 15.0 Å². The number of thioether (sulfide) groups is 1. The maximum atomic E-state index is 12.6. The van der Waals surface area contributed by atoms with Gasteiger partial charge in [0.25, 0.3) is 0 Å². The maximum absolute atomic E-state index is 12.6. The highest BCUT2D eigenvalue weighted by Crippen LogP contribution is 2.27. The van der Waals surface area contributed by atoms with Crippen molar-refractivity contribution >= 4 is 23.6 Å². The number of nitrogens with zero attached hydrogens (tertiary/aromatic N) is 4. The van der Waals surface area contributed by atoms with E-state index in [2.05, 4.69) is 15.5 Å². The molecule has 0 saturated carbocycles. The second-order valence-electron chi connectivity index (χ2n) is 7.50. The van der Waals surface area contributed by atoms with Crippen molar-refractivity contribution in [2.75, 3.05) is 26.5 Å². The Morgan fingerprint density at radius 1 is 1.16 bits per heavy atom. The van der Waals surface area contributed by atoms with Gasteiger partial charge in [0.05, 0.1) is 20.2 Å². The van der Waals surface area contributed by atoms with Crippen LogP contribution in [0.4, 0.5) is 0 Å². The zero-order chi connectivity index (χ0) is 22.5. The van der Waals surface area contributed by atoms with E-state index in [0.29, 0.717) is 18.8 Å². The van der Waals surface area contributed by atoms with Gasteiger partial charge in [0.1, 0.15) is 5.75 Å². The number of hydrogen-bond donors (Lipinski definition) is 1. The highest BCUT2D eigenvalue weighted by molar-refractivity contribution is 7.98. The minimum Gasteiger partial charge on any atom is -0.497 e. The predicted octanol–water partition coefficient (Wildman–Crippen LogP) is 2.63. The average Bonchev–Trinajstić information content (AvgIpc) is 3.41. The second-order valence-corrected chi connectivity index (χ2v) is 8.27. The topological polar surface area (TPSA) is 89.4 Å².